The van der Waals surface area contributed by atoms with Gasteiger partial charge in [-0.15, -0.1) is 0 Å². The lowest BCUT2D eigenvalue weighted by Crippen LogP contribution is -2.27. The third-order valence-electron chi connectivity index (χ3n) is 5.63. The van der Waals surface area contributed by atoms with Crippen molar-refractivity contribution in [2.75, 3.05) is 0 Å². The average Bonchev–Trinajstić information content (AvgIpc) is 2.82. The molecule has 0 fully saturated rings. The standard InChI is InChI=1S/C29H32Br2Cl2O7/c1-14(2)27(34)39-17(6)36-16(5)38-26-23(32)12-20(13-24(26)33)29(8,9)19-10-21(30)25(22(31)11-19)37-18(7)40-28(35)15(3)4/h10-13,16-18H,1,3H2,2,4-9H3. The second kappa shape index (κ2) is 14.2. The Morgan fingerprint density at radius 3 is 1.60 bits per heavy atom. The van der Waals surface area contributed by atoms with Crippen molar-refractivity contribution in [1.29, 1.82) is 0 Å². The molecule has 0 bridgehead atoms. The Balaban J connectivity index is 2.25. The predicted molar refractivity (Wildman–Crippen MR) is 163 cm³/mol. The number of carbonyl (C=O) groups is 2. The van der Waals surface area contributed by atoms with Crippen molar-refractivity contribution in [3.8, 4) is 11.5 Å². The minimum Gasteiger partial charge on any atom is -0.462 e. The van der Waals surface area contributed by atoms with E-state index >= 15 is 0 Å². The zero-order valence-electron chi connectivity index (χ0n) is 23.3. The molecular weight excluding hydrogens is 691 g/mol. The van der Waals surface area contributed by atoms with E-state index < -0.39 is 36.2 Å². The van der Waals surface area contributed by atoms with Crippen molar-refractivity contribution < 1.29 is 33.3 Å². The molecule has 0 saturated carbocycles. The number of esters is 2. The summed E-state index contributed by atoms with van der Waals surface area (Å²) >= 11 is 20.3. The maximum Gasteiger partial charge on any atom is 0.336 e. The third-order valence-corrected chi connectivity index (χ3v) is 7.37. The molecule has 11 heteroatoms. The number of carbonyl (C=O) groups excluding carboxylic acids is 2. The molecule has 40 heavy (non-hydrogen) atoms. The molecule has 0 amide bonds. The minimum atomic E-state index is -0.875. The first-order valence-electron chi connectivity index (χ1n) is 12.1. The Kier molecular flexibility index (Phi) is 12.2. The van der Waals surface area contributed by atoms with Crippen LogP contribution in [0, 0.1) is 0 Å². The summed E-state index contributed by atoms with van der Waals surface area (Å²) in [5, 5.41) is 0.563. The second-order valence-electron chi connectivity index (χ2n) is 9.61. The van der Waals surface area contributed by atoms with E-state index in [1.54, 1.807) is 46.8 Å². The van der Waals surface area contributed by atoms with Crippen LogP contribution in [0.5, 0.6) is 11.5 Å². The smallest absolute Gasteiger partial charge is 0.336 e. The third kappa shape index (κ3) is 8.98. The highest BCUT2D eigenvalue weighted by Crippen LogP contribution is 2.44. The van der Waals surface area contributed by atoms with Crippen LogP contribution >= 0.6 is 55.1 Å². The van der Waals surface area contributed by atoms with Gasteiger partial charge in [0.1, 0.15) is 0 Å². The van der Waals surface area contributed by atoms with Crippen molar-refractivity contribution >= 4 is 67.0 Å². The maximum atomic E-state index is 11.8. The zero-order valence-corrected chi connectivity index (χ0v) is 28.0. The van der Waals surface area contributed by atoms with Crippen molar-refractivity contribution in [3.63, 3.8) is 0 Å². The Hall–Kier alpha value is -2.04. The van der Waals surface area contributed by atoms with Gasteiger partial charge in [0, 0.05) is 23.5 Å². The molecule has 7 nitrogen and oxygen atoms in total. The summed E-state index contributed by atoms with van der Waals surface area (Å²) in [6.07, 6.45) is -2.54. The van der Waals surface area contributed by atoms with E-state index in [1.165, 1.54) is 0 Å². The monoisotopic (exact) mass is 720 g/mol. The van der Waals surface area contributed by atoms with E-state index in [9.17, 15) is 9.59 Å². The normalized spacial score (nSPS) is 13.6. The molecule has 0 radical (unpaired) electrons. The first-order chi connectivity index (χ1) is 18.4. The lowest BCUT2D eigenvalue weighted by Gasteiger charge is -2.29. The van der Waals surface area contributed by atoms with E-state index in [4.69, 9.17) is 46.9 Å². The van der Waals surface area contributed by atoms with Gasteiger partial charge in [0.25, 0.3) is 0 Å². The van der Waals surface area contributed by atoms with Crippen LogP contribution in [0.1, 0.15) is 59.6 Å². The largest absolute Gasteiger partial charge is 0.462 e. The molecule has 0 aromatic heterocycles. The molecule has 0 heterocycles. The van der Waals surface area contributed by atoms with Gasteiger partial charge in [0.05, 0.1) is 19.0 Å². The molecule has 0 N–H and O–H groups in total. The van der Waals surface area contributed by atoms with Gasteiger partial charge in [-0.1, -0.05) is 50.2 Å². The molecule has 0 aliphatic heterocycles. The fourth-order valence-electron chi connectivity index (χ4n) is 3.42. The van der Waals surface area contributed by atoms with Crippen LogP contribution in [0.15, 0.2) is 57.5 Å². The average molecular weight is 723 g/mol. The number of rotatable bonds is 12. The van der Waals surface area contributed by atoms with Crippen LogP contribution in [-0.4, -0.2) is 30.8 Å². The van der Waals surface area contributed by atoms with E-state index in [2.05, 4.69) is 45.0 Å². The topological polar surface area (TPSA) is 80.3 Å². The summed E-state index contributed by atoms with van der Waals surface area (Å²) < 4.78 is 28.9. The lowest BCUT2D eigenvalue weighted by atomic mass is 9.78. The highest BCUT2D eigenvalue weighted by molar-refractivity contribution is 9.11. The van der Waals surface area contributed by atoms with Gasteiger partial charge in [0.2, 0.25) is 18.9 Å². The first kappa shape index (κ1) is 34.2. The highest BCUT2D eigenvalue weighted by atomic mass is 79.9. The van der Waals surface area contributed by atoms with Gasteiger partial charge < -0.3 is 23.7 Å². The molecule has 2 aromatic carbocycles. The van der Waals surface area contributed by atoms with Gasteiger partial charge in [-0.25, -0.2) is 9.59 Å². The predicted octanol–water partition coefficient (Wildman–Crippen LogP) is 8.90. The molecule has 2 rings (SSSR count). The number of ether oxygens (including phenoxy) is 5. The fraction of sp³-hybridized carbons (Fsp3) is 0.379. The zero-order chi connectivity index (χ0) is 30.5. The molecule has 3 unspecified atom stereocenters. The van der Waals surface area contributed by atoms with E-state index in [1.807, 2.05) is 26.0 Å². The number of hydrogen-bond acceptors (Lipinski definition) is 7. The van der Waals surface area contributed by atoms with E-state index in [0.29, 0.717) is 14.7 Å². The fourth-order valence-corrected chi connectivity index (χ4v) is 5.37. The molecule has 2 aromatic rings. The molecule has 218 valence electrons. The summed E-state index contributed by atoms with van der Waals surface area (Å²) in [7, 11) is 0. The van der Waals surface area contributed by atoms with Crippen molar-refractivity contribution in [1.82, 2.24) is 0 Å². The van der Waals surface area contributed by atoms with Crippen LogP contribution in [0.2, 0.25) is 10.0 Å². The molecule has 0 spiro atoms. The summed E-state index contributed by atoms with van der Waals surface area (Å²) in [5.74, 6) is -0.405. The van der Waals surface area contributed by atoms with Crippen molar-refractivity contribution in [2.45, 2.75) is 72.8 Å². The van der Waals surface area contributed by atoms with Crippen LogP contribution in [0.4, 0.5) is 0 Å². The van der Waals surface area contributed by atoms with Crippen LogP contribution in [0.3, 0.4) is 0 Å². The number of halogens is 4. The van der Waals surface area contributed by atoms with Gasteiger partial charge in [0.15, 0.2) is 11.5 Å². The van der Waals surface area contributed by atoms with E-state index in [-0.39, 0.29) is 26.9 Å². The minimum absolute atomic E-state index is 0.234. The van der Waals surface area contributed by atoms with Crippen molar-refractivity contribution in [3.05, 3.63) is 78.7 Å². The Morgan fingerprint density at radius 1 is 0.750 bits per heavy atom. The lowest BCUT2D eigenvalue weighted by molar-refractivity contribution is -0.205. The molecule has 0 aliphatic rings. The molecule has 3 atom stereocenters. The summed E-state index contributed by atoms with van der Waals surface area (Å²) in [6.45, 7) is 19.1. The number of hydrogen-bond donors (Lipinski definition) is 0. The summed E-state index contributed by atoms with van der Waals surface area (Å²) in [4.78, 5) is 23.5. The Labute approximate surface area is 262 Å². The highest BCUT2D eigenvalue weighted by Gasteiger charge is 2.28. The maximum absolute atomic E-state index is 11.8. The molecular formula is C29H32Br2Cl2O7. The summed E-state index contributed by atoms with van der Waals surface area (Å²) in [5.41, 5.74) is 1.72. The summed E-state index contributed by atoms with van der Waals surface area (Å²) in [6, 6.07) is 7.35. The van der Waals surface area contributed by atoms with Crippen molar-refractivity contribution in [2.24, 2.45) is 0 Å². The quantitative estimate of drug-likeness (QED) is 0.123. The Bertz CT molecular complexity index is 1260. The van der Waals surface area contributed by atoms with E-state index in [0.717, 1.165) is 11.1 Å². The van der Waals surface area contributed by atoms with Gasteiger partial charge in [-0.05, 0) is 94.9 Å². The molecule has 0 aliphatic carbocycles. The van der Waals surface area contributed by atoms with Gasteiger partial charge in [-0.3, -0.25) is 0 Å². The molecule has 0 saturated heterocycles. The first-order valence-corrected chi connectivity index (χ1v) is 14.5. The van der Waals surface area contributed by atoms with Crippen LogP contribution in [-0.2, 0) is 29.2 Å². The van der Waals surface area contributed by atoms with Crippen LogP contribution in [0.25, 0.3) is 0 Å². The van der Waals surface area contributed by atoms with Gasteiger partial charge in [-0.2, -0.15) is 0 Å². The van der Waals surface area contributed by atoms with Gasteiger partial charge >= 0.3 is 11.9 Å². The Morgan fingerprint density at radius 2 is 1.15 bits per heavy atom. The number of benzene rings is 2. The van der Waals surface area contributed by atoms with Crippen LogP contribution < -0.4 is 9.47 Å². The SMILES string of the molecule is C=C(C)C(=O)OC(C)Oc1c(Br)cc(C(C)(C)c2cc(Cl)c(OC(C)OC(C)OC(=O)C(=C)C)c(Cl)c2)cc1Br. The second-order valence-corrected chi connectivity index (χ2v) is 12.1.